The van der Waals surface area contributed by atoms with Crippen molar-refractivity contribution in [1.29, 1.82) is 0 Å². The molecule has 4 nitrogen and oxygen atoms in total. The van der Waals surface area contributed by atoms with Crippen LogP contribution in [0.4, 0.5) is 4.39 Å². The van der Waals surface area contributed by atoms with Crippen LogP contribution in [0.15, 0.2) is 59.6 Å². The molecule has 1 saturated heterocycles. The molecule has 1 aliphatic heterocycles. The van der Waals surface area contributed by atoms with Crippen molar-refractivity contribution < 1.29 is 9.13 Å². The lowest BCUT2D eigenvalue weighted by atomic mass is 9.74. The van der Waals surface area contributed by atoms with Crippen molar-refractivity contribution in [3.63, 3.8) is 0 Å². The highest BCUT2D eigenvalue weighted by Gasteiger charge is 2.34. The highest BCUT2D eigenvalue weighted by Crippen LogP contribution is 2.34. The van der Waals surface area contributed by atoms with Gasteiger partial charge in [-0.2, -0.15) is 0 Å². The minimum absolute atomic E-state index is 0.0731. The number of guanidine groups is 1. The van der Waals surface area contributed by atoms with Crippen molar-refractivity contribution >= 4 is 5.96 Å². The summed E-state index contributed by atoms with van der Waals surface area (Å²) in [6, 6.07) is 17.1. The number of hydrogen-bond acceptors (Lipinski definition) is 2. The van der Waals surface area contributed by atoms with E-state index < -0.39 is 0 Å². The normalized spacial score (nSPS) is 16.9. The summed E-state index contributed by atoms with van der Waals surface area (Å²) in [4.78, 5) is 4.33. The largest absolute Gasteiger partial charge is 0.381 e. The monoisotopic (exact) mass is 355 g/mol. The molecular formula is C21H26FN3O. The molecule has 2 aromatic carbocycles. The molecule has 0 bridgehead atoms. The van der Waals surface area contributed by atoms with Crippen molar-refractivity contribution in [1.82, 2.24) is 10.6 Å². The zero-order valence-corrected chi connectivity index (χ0v) is 15.2. The Morgan fingerprint density at radius 2 is 1.73 bits per heavy atom. The Kier molecular flexibility index (Phi) is 6.23. The number of rotatable bonds is 5. The van der Waals surface area contributed by atoms with Crippen LogP contribution in [-0.4, -0.2) is 32.8 Å². The van der Waals surface area contributed by atoms with Crippen LogP contribution in [0.2, 0.25) is 0 Å². The molecule has 138 valence electrons. The van der Waals surface area contributed by atoms with Crippen LogP contribution in [0.5, 0.6) is 0 Å². The molecule has 5 heteroatoms. The van der Waals surface area contributed by atoms with Gasteiger partial charge >= 0.3 is 0 Å². The lowest BCUT2D eigenvalue weighted by Gasteiger charge is -2.38. The molecule has 3 rings (SSSR count). The average molecular weight is 355 g/mol. The second-order valence-corrected chi connectivity index (χ2v) is 6.66. The highest BCUT2D eigenvalue weighted by atomic mass is 19.1. The van der Waals surface area contributed by atoms with Gasteiger partial charge in [0.05, 0.1) is 0 Å². The maximum Gasteiger partial charge on any atom is 0.191 e. The van der Waals surface area contributed by atoms with E-state index in [9.17, 15) is 4.39 Å². The third-order valence-corrected chi connectivity index (χ3v) is 5.03. The second kappa shape index (κ2) is 8.81. The summed E-state index contributed by atoms with van der Waals surface area (Å²) in [7, 11) is 1.77. The van der Waals surface area contributed by atoms with Gasteiger partial charge in [0.2, 0.25) is 0 Å². The predicted octanol–water partition coefficient (Wildman–Crippen LogP) is 3.24. The van der Waals surface area contributed by atoms with E-state index in [-0.39, 0.29) is 11.2 Å². The van der Waals surface area contributed by atoms with Gasteiger partial charge in [-0.1, -0.05) is 42.5 Å². The van der Waals surface area contributed by atoms with E-state index in [0.29, 0.717) is 6.54 Å². The van der Waals surface area contributed by atoms with E-state index in [4.69, 9.17) is 4.74 Å². The quantitative estimate of drug-likeness (QED) is 0.639. The van der Waals surface area contributed by atoms with Gasteiger partial charge in [-0.3, -0.25) is 4.99 Å². The molecule has 0 saturated carbocycles. The van der Waals surface area contributed by atoms with Crippen LogP contribution in [0.25, 0.3) is 0 Å². The van der Waals surface area contributed by atoms with Crippen LogP contribution in [0.3, 0.4) is 0 Å². The van der Waals surface area contributed by atoms with E-state index in [0.717, 1.165) is 44.1 Å². The Labute approximate surface area is 154 Å². The smallest absolute Gasteiger partial charge is 0.191 e. The summed E-state index contributed by atoms with van der Waals surface area (Å²) in [6.45, 7) is 2.88. The average Bonchev–Trinajstić information content (AvgIpc) is 2.70. The minimum atomic E-state index is -0.204. The van der Waals surface area contributed by atoms with E-state index in [1.807, 2.05) is 30.3 Å². The van der Waals surface area contributed by atoms with Crippen molar-refractivity contribution in [2.24, 2.45) is 4.99 Å². The SMILES string of the molecule is CN=C(NCc1ccccc1)NCC1(c2ccc(F)cc2)CCOCC1. The van der Waals surface area contributed by atoms with E-state index >= 15 is 0 Å². The van der Waals surface area contributed by atoms with Crippen molar-refractivity contribution in [3.05, 3.63) is 71.5 Å². The Morgan fingerprint density at radius 3 is 2.38 bits per heavy atom. The Balaban J connectivity index is 1.65. The zero-order valence-electron chi connectivity index (χ0n) is 15.2. The van der Waals surface area contributed by atoms with Crippen LogP contribution < -0.4 is 10.6 Å². The summed E-state index contributed by atoms with van der Waals surface area (Å²) in [5.41, 5.74) is 2.28. The number of aliphatic imine (C=N–C) groups is 1. The van der Waals surface area contributed by atoms with E-state index in [1.54, 1.807) is 7.05 Å². The number of nitrogens with one attached hydrogen (secondary N) is 2. The second-order valence-electron chi connectivity index (χ2n) is 6.66. The first-order valence-corrected chi connectivity index (χ1v) is 9.04. The number of ether oxygens (including phenoxy) is 1. The lowest BCUT2D eigenvalue weighted by molar-refractivity contribution is 0.0513. The van der Waals surface area contributed by atoms with Crippen molar-refractivity contribution in [2.45, 2.75) is 24.8 Å². The first-order chi connectivity index (χ1) is 12.7. The first-order valence-electron chi connectivity index (χ1n) is 9.04. The van der Waals surface area contributed by atoms with Crippen molar-refractivity contribution in [2.75, 3.05) is 26.8 Å². The molecule has 0 unspecified atom stereocenters. The lowest BCUT2D eigenvalue weighted by Crippen LogP contribution is -2.47. The Morgan fingerprint density at radius 1 is 1.04 bits per heavy atom. The molecule has 0 radical (unpaired) electrons. The maximum atomic E-state index is 13.3. The number of halogens is 1. The Hall–Kier alpha value is -2.40. The van der Waals surface area contributed by atoms with Gasteiger partial charge in [-0.15, -0.1) is 0 Å². The summed E-state index contributed by atoms with van der Waals surface area (Å²) in [5, 5.41) is 6.80. The number of benzene rings is 2. The van der Waals surface area contributed by atoms with Gasteiger partial charge in [-0.05, 0) is 36.1 Å². The van der Waals surface area contributed by atoms with Gasteiger partial charge in [0.1, 0.15) is 5.82 Å². The third kappa shape index (κ3) is 4.61. The molecule has 1 fully saturated rings. The van der Waals surface area contributed by atoms with Gasteiger partial charge < -0.3 is 15.4 Å². The molecule has 2 N–H and O–H groups in total. The topological polar surface area (TPSA) is 45.7 Å². The molecule has 2 aromatic rings. The molecule has 0 amide bonds. The van der Waals surface area contributed by atoms with E-state index in [2.05, 4.69) is 27.8 Å². The standard InChI is InChI=1S/C21H26FN3O/c1-23-20(24-15-17-5-3-2-4-6-17)25-16-21(11-13-26-14-12-21)18-7-9-19(22)10-8-18/h2-10H,11-16H2,1H3,(H2,23,24,25). The molecular weight excluding hydrogens is 329 g/mol. The first kappa shape index (κ1) is 18.4. The summed E-state index contributed by atoms with van der Waals surface area (Å²) in [6.07, 6.45) is 1.81. The third-order valence-electron chi connectivity index (χ3n) is 5.03. The molecule has 0 aliphatic carbocycles. The van der Waals surface area contributed by atoms with Gasteiger partial charge in [0.15, 0.2) is 5.96 Å². The molecule has 0 atom stereocenters. The highest BCUT2D eigenvalue weighted by molar-refractivity contribution is 5.79. The summed E-state index contributed by atoms with van der Waals surface area (Å²) < 4.78 is 18.9. The maximum absolute atomic E-state index is 13.3. The number of hydrogen-bond donors (Lipinski definition) is 2. The van der Waals surface area contributed by atoms with Crippen LogP contribution >= 0.6 is 0 Å². The Bertz CT molecular complexity index is 710. The van der Waals surface area contributed by atoms with Crippen LogP contribution in [0, 0.1) is 5.82 Å². The van der Waals surface area contributed by atoms with Crippen molar-refractivity contribution in [3.8, 4) is 0 Å². The van der Waals surface area contributed by atoms with E-state index in [1.165, 1.54) is 17.7 Å². The fourth-order valence-electron chi connectivity index (χ4n) is 3.39. The predicted molar refractivity (Wildman–Crippen MR) is 103 cm³/mol. The molecule has 26 heavy (non-hydrogen) atoms. The van der Waals surface area contributed by atoms with Gasteiger partial charge in [-0.25, -0.2) is 4.39 Å². The molecule has 0 spiro atoms. The number of nitrogens with zero attached hydrogens (tertiary/aromatic N) is 1. The van der Waals surface area contributed by atoms with Gasteiger partial charge in [0.25, 0.3) is 0 Å². The molecule has 1 aliphatic rings. The fourth-order valence-corrected chi connectivity index (χ4v) is 3.39. The summed E-state index contributed by atoms with van der Waals surface area (Å²) >= 11 is 0. The zero-order chi connectivity index (χ0) is 18.2. The van der Waals surface area contributed by atoms with Crippen LogP contribution in [-0.2, 0) is 16.7 Å². The molecule has 1 heterocycles. The minimum Gasteiger partial charge on any atom is -0.381 e. The summed E-state index contributed by atoms with van der Waals surface area (Å²) in [5.74, 6) is 0.561. The van der Waals surface area contributed by atoms with Gasteiger partial charge in [0, 0.05) is 38.8 Å². The fraction of sp³-hybridized carbons (Fsp3) is 0.381. The van der Waals surface area contributed by atoms with Crippen LogP contribution in [0.1, 0.15) is 24.0 Å². The molecule has 0 aromatic heterocycles.